The second-order valence-corrected chi connectivity index (χ2v) is 4.65. The van der Waals surface area contributed by atoms with Gasteiger partial charge in [0.25, 0.3) is 0 Å². The first kappa shape index (κ1) is 12.2. The third-order valence-corrected chi connectivity index (χ3v) is 2.81. The number of nitriles is 1. The van der Waals surface area contributed by atoms with Crippen LogP contribution in [0.15, 0.2) is 54.6 Å². The van der Waals surface area contributed by atoms with Gasteiger partial charge in [-0.05, 0) is 32.0 Å². The van der Waals surface area contributed by atoms with Gasteiger partial charge in [-0.25, -0.2) is 0 Å². The molecule has 2 nitrogen and oxygen atoms in total. The summed E-state index contributed by atoms with van der Waals surface area (Å²) in [5, 5.41) is 9.23. The molecule has 0 saturated carbocycles. The topological polar surface area (TPSA) is 33.0 Å². The molecule has 0 aliphatic carbocycles. The van der Waals surface area contributed by atoms with Gasteiger partial charge in [-0.1, -0.05) is 36.4 Å². The van der Waals surface area contributed by atoms with Gasteiger partial charge in [0.2, 0.25) is 0 Å². The molecule has 0 atom stereocenters. The van der Waals surface area contributed by atoms with E-state index in [0.717, 1.165) is 17.1 Å². The van der Waals surface area contributed by atoms with E-state index < -0.39 is 5.41 Å². The molecule has 0 saturated heterocycles. The van der Waals surface area contributed by atoms with Gasteiger partial charge in [0.05, 0.1) is 11.5 Å². The molecule has 2 aromatic rings. The highest BCUT2D eigenvalue weighted by Gasteiger charge is 2.23. The molecule has 2 heteroatoms. The minimum atomic E-state index is -0.564. The number of nitrogens with zero attached hydrogens (tertiary/aromatic N) is 1. The predicted octanol–water partition coefficient (Wildman–Crippen LogP) is 4.28. The predicted molar refractivity (Wildman–Crippen MR) is 71.6 cm³/mol. The van der Waals surface area contributed by atoms with Crippen molar-refractivity contribution in [1.82, 2.24) is 0 Å². The van der Waals surface area contributed by atoms with E-state index in [4.69, 9.17) is 4.74 Å². The third kappa shape index (κ3) is 2.52. The Kier molecular flexibility index (Phi) is 3.34. The fraction of sp³-hybridized carbons (Fsp3) is 0.188. The zero-order valence-corrected chi connectivity index (χ0v) is 10.6. The molecule has 0 spiro atoms. The molecule has 0 bridgehead atoms. The lowest BCUT2D eigenvalue weighted by Gasteiger charge is -2.19. The van der Waals surface area contributed by atoms with Crippen molar-refractivity contribution in [2.75, 3.05) is 0 Å². The lowest BCUT2D eigenvalue weighted by Crippen LogP contribution is -2.14. The van der Waals surface area contributed by atoms with Crippen molar-refractivity contribution in [3.63, 3.8) is 0 Å². The van der Waals surface area contributed by atoms with Gasteiger partial charge in [-0.2, -0.15) is 5.26 Å². The summed E-state index contributed by atoms with van der Waals surface area (Å²) < 4.78 is 5.85. The molecule has 2 aromatic carbocycles. The van der Waals surface area contributed by atoms with E-state index in [1.807, 2.05) is 68.4 Å². The summed E-state index contributed by atoms with van der Waals surface area (Å²) >= 11 is 0. The fourth-order valence-corrected chi connectivity index (χ4v) is 1.75. The van der Waals surface area contributed by atoms with E-state index in [2.05, 4.69) is 6.07 Å². The molecule has 0 radical (unpaired) electrons. The van der Waals surface area contributed by atoms with Crippen LogP contribution >= 0.6 is 0 Å². The van der Waals surface area contributed by atoms with Crippen LogP contribution in [0, 0.1) is 11.3 Å². The summed E-state index contributed by atoms with van der Waals surface area (Å²) in [5.41, 5.74) is 0.335. The monoisotopic (exact) mass is 237 g/mol. The van der Waals surface area contributed by atoms with E-state index >= 15 is 0 Å². The van der Waals surface area contributed by atoms with Gasteiger partial charge in [0.1, 0.15) is 11.5 Å². The normalized spacial score (nSPS) is 10.7. The van der Waals surface area contributed by atoms with Crippen molar-refractivity contribution in [3.05, 3.63) is 60.2 Å². The van der Waals surface area contributed by atoms with Crippen molar-refractivity contribution in [1.29, 1.82) is 5.26 Å². The van der Waals surface area contributed by atoms with Crippen molar-refractivity contribution < 1.29 is 4.74 Å². The molecule has 0 aliphatic heterocycles. The lowest BCUT2D eigenvalue weighted by molar-refractivity contribution is 0.465. The Bertz CT molecular complexity index is 567. The van der Waals surface area contributed by atoms with Crippen LogP contribution in [-0.4, -0.2) is 0 Å². The van der Waals surface area contributed by atoms with Gasteiger partial charge in [-0.15, -0.1) is 0 Å². The molecule has 0 aromatic heterocycles. The molecule has 2 rings (SSSR count). The number of benzene rings is 2. The zero-order valence-electron chi connectivity index (χ0n) is 10.6. The smallest absolute Gasteiger partial charge is 0.132 e. The van der Waals surface area contributed by atoms with Crippen LogP contribution in [0.1, 0.15) is 19.4 Å². The summed E-state index contributed by atoms with van der Waals surface area (Å²) in [5.74, 6) is 1.51. The molecule has 0 unspecified atom stereocenters. The first-order chi connectivity index (χ1) is 8.63. The minimum absolute atomic E-state index is 0.564. The van der Waals surface area contributed by atoms with Crippen LogP contribution in [0.25, 0.3) is 0 Å². The van der Waals surface area contributed by atoms with E-state index in [0.29, 0.717) is 0 Å². The summed E-state index contributed by atoms with van der Waals surface area (Å²) in [4.78, 5) is 0. The lowest BCUT2D eigenvalue weighted by atomic mass is 9.86. The van der Waals surface area contributed by atoms with Crippen LogP contribution in [0.5, 0.6) is 11.5 Å². The Balaban J connectivity index is 2.38. The van der Waals surface area contributed by atoms with Crippen molar-refractivity contribution in [2.45, 2.75) is 19.3 Å². The number of rotatable bonds is 3. The Morgan fingerprint density at radius 2 is 1.56 bits per heavy atom. The molecule has 0 fully saturated rings. The number of ether oxygens (including phenoxy) is 1. The maximum absolute atomic E-state index is 9.23. The van der Waals surface area contributed by atoms with Crippen LogP contribution < -0.4 is 4.74 Å². The molecule has 18 heavy (non-hydrogen) atoms. The van der Waals surface area contributed by atoms with Gasteiger partial charge in [0.15, 0.2) is 0 Å². The number of hydrogen-bond donors (Lipinski definition) is 0. The van der Waals surface area contributed by atoms with E-state index in [9.17, 15) is 5.26 Å². The van der Waals surface area contributed by atoms with Gasteiger partial charge >= 0.3 is 0 Å². The van der Waals surface area contributed by atoms with E-state index in [1.165, 1.54) is 0 Å². The Morgan fingerprint density at radius 3 is 2.22 bits per heavy atom. The zero-order chi connectivity index (χ0) is 13.0. The maximum Gasteiger partial charge on any atom is 0.132 e. The number of hydrogen-bond acceptors (Lipinski definition) is 2. The summed E-state index contributed by atoms with van der Waals surface area (Å²) in [6.45, 7) is 3.78. The quantitative estimate of drug-likeness (QED) is 0.798. The first-order valence-corrected chi connectivity index (χ1v) is 5.87. The van der Waals surface area contributed by atoms with E-state index in [1.54, 1.807) is 0 Å². The second-order valence-electron chi connectivity index (χ2n) is 4.65. The largest absolute Gasteiger partial charge is 0.457 e. The van der Waals surface area contributed by atoms with Gasteiger partial charge in [0, 0.05) is 5.56 Å². The van der Waals surface area contributed by atoms with Crippen LogP contribution in [0.3, 0.4) is 0 Å². The molecular formula is C16H15NO. The second kappa shape index (κ2) is 4.93. The summed E-state index contributed by atoms with van der Waals surface area (Å²) in [6.07, 6.45) is 0. The maximum atomic E-state index is 9.23. The Labute approximate surface area is 107 Å². The fourth-order valence-electron chi connectivity index (χ4n) is 1.75. The highest BCUT2D eigenvalue weighted by Crippen LogP contribution is 2.33. The highest BCUT2D eigenvalue weighted by atomic mass is 16.5. The minimum Gasteiger partial charge on any atom is -0.457 e. The first-order valence-electron chi connectivity index (χ1n) is 5.87. The molecule has 0 N–H and O–H groups in total. The Morgan fingerprint density at radius 1 is 0.944 bits per heavy atom. The van der Waals surface area contributed by atoms with Crippen molar-refractivity contribution in [2.24, 2.45) is 0 Å². The third-order valence-electron chi connectivity index (χ3n) is 2.81. The van der Waals surface area contributed by atoms with Gasteiger partial charge in [-0.3, -0.25) is 0 Å². The van der Waals surface area contributed by atoms with Crippen LogP contribution in [0.2, 0.25) is 0 Å². The molecule has 90 valence electrons. The summed E-state index contributed by atoms with van der Waals surface area (Å²) in [6, 6.07) is 19.5. The Hall–Kier alpha value is -2.27. The van der Waals surface area contributed by atoms with Crippen LogP contribution in [0.4, 0.5) is 0 Å². The van der Waals surface area contributed by atoms with Crippen molar-refractivity contribution >= 4 is 0 Å². The molecule has 0 amide bonds. The standard InChI is InChI=1S/C16H15NO/c1-16(2,12-17)14-10-6-7-11-15(14)18-13-8-4-3-5-9-13/h3-11H,1-2H3. The molecule has 0 aliphatic rings. The van der Waals surface area contributed by atoms with E-state index in [-0.39, 0.29) is 0 Å². The van der Waals surface area contributed by atoms with Crippen LogP contribution in [-0.2, 0) is 5.41 Å². The van der Waals surface area contributed by atoms with Gasteiger partial charge < -0.3 is 4.74 Å². The molecule has 0 heterocycles. The molecular weight excluding hydrogens is 222 g/mol. The summed E-state index contributed by atoms with van der Waals surface area (Å²) in [7, 11) is 0. The highest BCUT2D eigenvalue weighted by molar-refractivity contribution is 5.44. The van der Waals surface area contributed by atoms with Crippen molar-refractivity contribution in [3.8, 4) is 17.6 Å². The SMILES string of the molecule is CC(C)(C#N)c1ccccc1Oc1ccccc1. The average molecular weight is 237 g/mol. The average Bonchev–Trinajstić information content (AvgIpc) is 2.40. The number of para-hydroxylation sites is 2.